The maximum atomic E-state index is 15.2. The van der Waals surface area contributed by atoms with Crippen molar-refractivity contribution in [2.75, 3.05) is 18.4 Å². The summed E-state index contributed by atoms with van der Waals surface area (Å²) in [5, 5.41) is 23.9. The molecule has 1 aromatic carbocycles. The monoisotopic (exact) mass is 653 g/mol. The third-order valence-electron chi connectivity index (χ3n) is 7.22. The second kappa shape index (κ2) is 13.0. The maximum Gasteiger partial charge on any atom is 0.435 e. The van der Waals surface area contributed by atoms with E-state index in [2.05, 4.69) is 36.3 Å². The van der Waals surface area contributed by atoms with Crippen LogP contribution in [0.15, 0.2) is 36.9 Å². The number of nitrogens with one attached hydrogen (secondary N) is 4. The van der Waals surface area contributed by atoms with E-state index in [1.165, 1.54) is 29.8 Å². The molecule has 46 heavy (non-hydrogen) atoms. The number of fused-ring (bicyclic) bond motifs is 1. The summed E-state index contributed by atoms with van der Waals surface area (Å²) in [5.41, 5.74) is -1.72. The Bertz CT molecular complexity index is 1730. The predicted molar refractivity (Wildman–Crippen MR) is 152 cm³/mol. The van der Waals surface area contributed by atoms with Crippen LogP contribution in [0, 0.1) is 12.7 Å². The van der Waals surface area contributed by atoms with Crippen molar-refractivity contribution in [2.24, 2.45) is 0 Å². The lowest BCUT2D eigenvalue weighted by Gasteiger charge is -2.18. The molecule has 1 aliphatic heterocycles. The van der Waals surface area contributed by atoms with E-state index in [0.29, 0.717) is 11.2 Å². The number of anilines is 2. The number of carbonyl (C=O) groups excluding carboxylic acids is 2. The summed E-state index contributed by atoms with van der Waals surface area (Å²) in [4.78, 5) is 33.4. The molecule has 0 aliphatic carbocycles. The average molecular weight is 654 g/mol. The lowest BCUT2D eigenvalue weighted by atomic mass is 10.1. The fraction of sp³-hybridized carbons (Fsp3) is 0.393. The first-order chi connectivity index (χ1) is 21.7. The van der Waals surface area contributed by atoms with Gasteiger partial charge in [0.1, 0.15) is 12.4 Å². The Morgan fingerprint density at radius 2 is 1.98 bits per heavy atom. The van der Waals surface area contributed by atoms with Crippen LogP contribution in [0.25, 0.3) is 16.9 Å². The number of benzene rings is 1. The molecule has 18 heteroatoms. The third-order valence-corrected chi connectivity index (χ3v) is 7.22. The van der Waals surface area contributed by atoms with E-state index in [1.54, 1.807) is 6.92 Å². The molecule has 4 heterocycles. The minimum absolute atomic E-state index is 0.0342. The molecule has 12 nitrogen and oxygen atoms in total. The lowest BCUT2D eigenvalue weighted by Crippen LogP contribution is -2.47. The van der Waals surface area contributed by atoms with Crippen molar-refractivity contribution < 1.29 is 41.0 Å². The number of carbonyl (C=O) groups is 2. The first kappa shape index (κ1) is 32.7. The summed E-state index contributed by atoms with van der Waals surface area (Å²) >= 11 is 0. The minimum Gasteiger partial charge on any atom is -0.392 e. The van der Waals surface area contributed by atoms with Gasteiger partial charge in [-0.3, -0.25) is 18.7 Å². The number of alkyl halides is 5. The Morgan fingerprint density at radius 3 is 2.63 bits per heavy atom. The number of nitrogens with zero attached hydrogens (tertiary/aromatic N) is 5. The summed E-state index contributed by atoms with van der Waals surface area (Å²) in [7, 11) is 0. The van der Waals surface area contributed by atoms with Gasteiger partial charge in [0.25, 0.3) is 12.3 Å². The molecule has 0 radical (unpaired) electrons. The van der Waals surface area contributed by atoms with Crippen LogP contribution in [-0.4, -0.2) is 78.8 Å². The van der Waals surface area contributed by atoms with Gasteiger partial charge in [-0.15, -0.1) is 0 Å². The number of aryl methyl sites for hydroxylation is 1. The van der Waals surface area contributed by atoms with Gasteiger partial charge in [-0.1, -0.05) is 0 Å². The van der Waals surface area contributed by atoms with Gasteiger partial charge >= 0.3 is 6.18 Å². The van der Waals surface area contributed by atoms with Gasteiger partial charge in [-0.25, -0.2) is 23.1 Å². The Morgan fingerprint density at radius 1 is 1.22 bits per heavy atom. The highest BCUT2D eigenvalue weighted by molar-refractivity contribution is 5.96. The molecule has 0 spiro atoms. The van der Waals surface area contributed by atoms with Crippen molar-refractivity contribution in [3.63, 3.8) is 0 Å². The van der Waals surface area contributed by atoms with Gasteiger partial charge in [-0.05, 0) is 38.0 Å². The van der Waals surface area contributed by atoms with Crippen LogP contribution in [0.5, 0.6) is 0 Å². The van der Waals surface area contributed by atoms with Crippen LogP contribution in [0.1, 0.15) is 35.0 Å². The zero-order valence-corrected chi connectivity index (χ0v) is 24.4. The van der Waals surface area contributed by atoms with Crippen molar-refractivity contribution in [3.8, 4) is 11.3 Å². The zero-order chi connectivity index (χ0) is 33.3. The maximum absolute atomic E-state index is 15.2. The molecule has 246 valence electrons. The highest BCUT2D eigenvalue weighted by Crippen LogP contribution is 2.37. The van der Waals surface area contributed by atoms with Gasteiger partial charge in [0.15, 0.2) is 17.2 Å². The van der Waals surface area contributed by atoms with Crippen LogP contribution < -0.4 is 21.3 Å². The number of hydrogen-bond donors (Lipinski definition) is 5. The second-order valence-corrected chi connectivity index (χ2v) is 10.9. The first-order valence-corrected chi connectivity index (χ1v) is 14.0. The highest BCUT2D eigenvalue weighted by Gasteiger charge is 2.38. The minimum atomic E-state index is -4.94. The molecule has 2 amide bonds. The number of aliphatic hydroxyl groups excluding tert-OH is 1. The molecule has 4 aromatic rings. The summed E-state index contributed by atoms with van der Waals surface area (Å²) < 4.78 is 83.9. The van der Waals surface area contributed by atoms with Gasteiger partial charge in [0, 0.05) is 43.4 Å². The van der Waals surface area contributed by atoms with Crippen molar-refractivity contribution in [1.82, 2.24) is 40.1 Å². The molecule has 3 atom stereocenters. The summed E-state index contributed by atoms with van der Waals surface area (Å²) in [6, 6.07) is 1.40. The molecule has 5 rings (SSSR count). The number of amides is 2. The molecular formula is C28H29F6N9O3. The molecule has 1 fully saturated rings. The average Bonchev–Trinajstić information content (AvgIpc) is 3.69. The van der Waals surface area contributed by atoms with Crippen molar-refractivity contribution in [3.05, 3.63) is 59.6 Å². The number of halogens is 6. The standard InChI is InChI=1S/C28H29F6N9O3/c1-13-5-15(6-18(29)22(13)27(46)39-14(2)8-38-26(45)19-7-16(44)9-36-19)40-24-25-37-10-20(43(25)4-3-35-24)17-11-42(12-21(30)31)41-23(17)28(32,33)34/h3-6,10-11,14,16,19,21,36,44H,7-9,12H2,1-2H3,(H,35,40)(H,38,45)(H,39,46)/t14?,16-,19+/m1/s1. The molecule has 0 bridgehead atoms. The van der Waals surface area contributed by atoms with E-state index in [4.69, 9.17) is 0 Å². The second-order valence-electron chi connectivity index (χ2n) is 10.9. The number of aliphatic hydroxyl groups is 1. The van der Waals surface area contributed by atoms with E-state index in [1.807, 2.05) is 0 Å². The molecule has 5 N–H and O–H groups in total. The first-order valence-electron chi connectivity index (χ1n) is 14.0. The van der Waals surface area contributed by atoms with Crippen molar-refractivity contribution >= 4 is 29.0 Å². The van der Waals surface area contributed by atoms with Crippen LogP contribution in [-0.2, 0) is 17.5 Å². The smallest absolute Gasteiger partial charge is 0.392 e. The van der Waals surface area contributed by atoms with Crippen molar-refractivity contribution in [1.29, 1.82) is 0 Å². The molecule has 1 unspecified atom stereocenters. The van der Waals surface area contributed by atoms with Gasteiger partial charge in [0.05, 0.1) is 35.2 Å². The highest BCUT2D eigenvalue weighted by atomic mass is 19.4. The zero-order valence-electron chi connectivity index (χ0n) is 24.4. The van der Waals surface area contributed by atoms with E-state index in [0.717, 1.165) is 18.5 Å². The van der Waals surface area contributed by atoms with Crippen LogP contribution >= 0.6 is 0 Å². The molecular weight excluding hydrogens is 624 g/mol. The normalized spacial score (nSPS) is 17.4. The molecule has 1 saturated heterocycles. The van der Waals surface area contributed by atoms with Crippen LogP contribution in [0.2, 0.25) is 0 Å². The fourth-order valence-corrected chi connectivity index (χ4v) is 5.14. The van der Waals surface area contributed by atoms with Crippen molar-refractivity contribution in [2.45, 2.75) is 57.6 Å². The summed E-state index contributed by atoms with van der Waals surface area (Å²) in [5.74, 6) is -1.89. The Balaban J connectivity index is 1.32. The number of rotatable bonds is 10. The Hall–Kier alpha value is -4.71. The van der Waals surface area contributed by atoms with Gasteiger partial charge in [0.2, 0.25) is 5.91 Å². The van der Waals surface area contributed by atoms with Crippen LogP contribution in [0.3, 0.4) is 0 Å². The number of imidazole rings is 1. The fourth-order valence-electron chi connectivity index (χ4n) is 5.14. The molecule has 0 saturated carbocycles. The lowest BCUT2D eigenvalue weighted by molar-refractivity contribution is -0.141. The molecule has 1 aliphatic rings. The van der Waals surface area contributed by atoms with Gasteiger partial charge in [-0.2, -0.15) is 18.3 Å². The van der Waals surface area contributed by atoms with Gasteiger partial charge < -0.3 is 26.4 Å². The Labute approximate surface area is 257 Å². The van der Waals surface area contributed by atoms with E-state index < -0.39 is 60.3 Å². The van der Waals surface area contributed by atoms with E-state index in [-0.39, 0.29) is 52.8 Å². The molecule has 3 aromatic heterocycles. The Kier molecular flexibility index (Phi) is 9.20. The summed E-state index contributed by atoms with van der Waals surface area (Å²) in [6.45, 7) is 2.48. The predicted octanol–water partition coefficient (Wildman–Crippen LogP) is 3.03. The largest absolute Gasteiger partial charge is 0.435 e. The van der Waals surface area contributed by atoms with E-state index in [9.17, 15) is 36.6 Å². The number of β-amino-alcohol motifs (C(OH)–C–C–N with tert-alkyl or cyclic N) is 1. The van der Waals surface area contributed by atoms with E-state index >= 15 is 4.39 Å². The topological polar surface area (TPSA) is 150 Å². The third kappa shape index (κ3) is 7.07. The quantitative estimate of drug-likeness (QED) is 0.164. The number of aromatic nitrogens is 5. The summed E-state index contributed by atoms with van der Waals surface area (Å²) in [6.07, 6.45) is -3.65. The number of hydrogen-bond acceptors (Lipinski definition) is 8. The van der Waals surface area contributed by atoms with Crippen LogP contribution in [0.4, 0.5) is 37.8 Å². The SMILES string of the molecule is Cc1cc(Nc2nccn3c(-c4cn(CC(F)F)nc4C(F)(F)F)cnc23)cc(F)c1C(=O)NC(C)CNC(=O)[C@@H]1C[C@@H](O)CN1.